The van der Waals surface area contributed by atoms with Crippen LogP contribution in [-0.2, 0) is 6.54 Å². The Hall–Kier alpha value is -2.36. The minimum atomic E-state index is -0.313. The molecule has 0 saturated heterocycles. The number of benzene rings is 2. The summed E-state index contributed by atoms with van der Waals surface area (Å²) in [7, 11) is 0. The van der Waals surface area contributed by atoms with Crippen molar-refractivity contribution >= 4 is 17.3 Å². The van der Waals surface area contributed by atoms with Gasteiger partial charge in [0.1, 0.15) is 5.82 Å². The number of nitrogen functional groups attached to an aromatic ring is 1. The van der Waals surface area contributed by atoms with Gasteiger partial charge in [-0.2, -0.15) is 0 Å². The van der Waals surface area contributed by atoms with Crippen LogP contribution in [0.1, 0.15) is 15.9 Å². The number of rotatable bonds is 1. The standard InChI is InChI=1S/C14H11FN2O/c15-10-2-5-12(6-3-10)17-8-9-1-4-11(16)7-13(9)14(17)18/h1-7H,8,16H2. The summed E-state index contributed by atoms with van der Waals surface area (Å²) < 4.78 is 12.9. The average molecular weight is 242 g/mol. The first-order chi connectivity index (χ1) is 8.65. The van der Waals surface area contributed by atoms with Crippen molar-refractivity contribution in [1.29, 1.82) is 0 Å². The Kier molecular flexibility index (Phi) is 2.30. The first kappa shape index (κ1) is 10.8. The Morgan fingerprint density at radius 2 is 1.83 bits per heavy atom. The van der Waals surface area contributed by atoms with Gasteiger partial charge in [-0.1, -0.05) is 6.07 Å². The van der Waals surface area contributed by atoms with Crippen LogP contribution in [0.5, 0.6) is 0 Å². The molecule has 2 N–H and O–H groups in total. The summed E-state index contributed by atoms with van der Waals surface area (Å²) in [6.07, 6.45) is 0. The van der Waals surface area contributed by atoms with Gasteiger partial charge in [-0.05, 0) is 42.0 Å². The Labute approximate surface area is 104 Å². The largest absolute Gasteiger partial charge is 0.399 e. The van der Waals surface area contributed by atoms with E-state index in [9.17, 15) is 9.18 Å². The van der Waals surface area contributed by atoms with Crippen molar-refractivity contribution in [2.75, 3.05) is 10.6 Å². The molecule has 0 aliphatic carbocycles. The van der Waals surface area contributed by atoms with E-state index in [2.05, 4.69) is 0 Å². The highest BCUT2D eigenvalue weighted by atomic mass is 19.1. The van der Waals surface area contributed by atoms with Crippen LogP contribution in [0.3, 0.4) is 0 Å². The van der Waals surface area contributed by atoms with Crippen molar-refractivity contribution in [3.63, 3.8) is 0 Å². The Bertz CT molecular complexity index is 622. The fourth-order valence-corrected chi connectivity index (χ4v) is 2.15. The number of carbonyl (C=O) groups excluding carboxylic acids is 1. The zero-order valence-electron chi connectivity index (χ0n) is 9.56. The second kappa shape index (κ2) is 3.84. The molecule has 0 aromatic heterocycles. The van der Waals surface area contributed by atoms with E-state index in [1.807, 2.05) is 6.07 Å². The highest BCUT2D eigenvalue weighted by molar-refractivity contribution is 6.10. The lowest BCUT2D eigenvalue weighted by Gasteiger charge is -2.15. The van der Waals surface area contributed by atoms with E-state index in [1.54, 1.807) is 29.2 Å². The monoisotopic (exact) mass is 242 g/mol. The van der Waals surface area contributed by atoms with E-state index in [1.165, 1.54) is 12.1 Å². The highest BCUT2D eigenvalue weighted by Gasteiger charge is 2.28. The maximum absolute atomic E-state index is 12.9. The van der Waals surface area contributed by atoms with E-state index in [-0.39, 0.29) is 11.7 Å². The fourth-order valence-electron chi connectivity index (χ4n) is 2.15. The maximum atomic E-state index is 12.9. The van der Waals surface area contributed by atoms with Gasteiger partial charge in [0.2, 0.25) is 0 Å². The van der Waals surface area contributed by atoms with Crippen LogP contribution in [0, 0.1) is 5.82 Å². The van der Waals surface area contributed by atoms with Crippen LogP contribution in [0.25, 0.3) is 0 Å². The summed E-state index contributed by atoms with van der Waals surface area (Å²) in [5.41, 5.74) is 8.51. The lowest BCUT2D eigenvalue weighted by molar-refractivity contribution is 0.0996. The molecule has 3 nitrogen and oxygen atoms in total. The summed E-state index contributed by atoms with van der Waals surface area (Å²) in [5, 5.41) is 0. The zero-order chi connectivity index (χ0) is 12.7. The number of nitrogens with two attached hydrogens (primary N) is 1. The molecule has 0 unspecified atom stereocenters. The predicted octanol–water partition coefficient (Wildman–Crippen LogP) is 2.57. The average Bonchev–Trinajstić information content (AvgIpc) is 2.68. The minimum absolute atomic E-state index is 0.0936. The van der Waals surface area contributed by atoms with Crippen LogP contribution in [0.4, 0.5) is 15.8 Å². The molecule has 2 aromatic carbocycles. The van der Waals surface area contributed by atoms with Gasteiger partial charge in [0.25, 0.3) is 5.91 Å². The fraction of sp³-hybridized carbons (Fsp3) is 0.0714. The smallest absolute Gasteiger partial charge is 0.259 e. The topological polar surface area (TPSA) is 46.3 Å². The second-order valence-electron chi connectivity index (χ2n) is 4.28. The van der Waals surface area contributed by atoms with Crippen LogP contribution < -0.4 is 10.6 Å². The third kappa shape index (κ3) is 1.62. The number of anilines is 2. The molecule has 2 aromatic rings. The normalized spacial score (nSPS) is 13.8. The molecule has 1 aliphatic heterocycles. The van der Waals surface area contributed by atoms with Gasteiger partial charge in [0.15, 0.2) is 0 Å². The van der Waals surface area contributed by atoms with Crippen molar-refractivity contribution < 1.29 is 9.18 Å². The van der Waals surface area contributed by atoms with Gasteiger partial charge in [-0.3, -0.25) is 4.79 Å². The van der Waals surface area contributed by atoms with E-state index in [4.69, 9.17) is 5.73 Å². The molecule has 0 spiro atoms. The van der Waals surface area contributed by atoms with Crippen LogP contribution >= 0.6 is 0 Å². The molecule has 0 atom stereocenters. The lowest BCUT2D eigenvalue weighted by Crippen LogP contribution is -2.22. The number of amides is 1. The van der Waals surface area contributed by atoms with Crippen molar-refractivity contribution in [1.82, 2.24) is 0 Å². The first-order valence-electron chi connectivity index (χ1n) is 5.61. The molecule has 0 radical (unpaired) electrons. The number of hydrogen-bond acceptors (Lipinski definition) is 2. The molecule has 0 saturated carbocycles. The molecule has 1 aliphatic rings. The lowest BCUT2D eigenvalue weighted by atomic mass is 10.1. The van der Waals surface area contributed by atoms with Gasteiger partial charge in [-0.15, -0.1) is 0 Å². The number of hydrogen-bond donors (Lipinski definition) is 1. The number of carbonyl (C=O) groups is 1. The summed E-state index contributed by atoms with van der Waals surface area (Å²) in [4.78, 5) is 13.8. The van der Waals surface area contributed by atoms with E-state index >= 15 is 0 Å². The third-order valence-electron chi connectivity index (χ3n) is 3.08. The molecule has 4 heteroatoms. The molecule has 18 heavy (non-hydrogen) atoms. The maximum Gasteiger partial charge on any atom is 0.259 e. The molecular formula is C14H11FN2O. The van der Waals surface area contributed by atoms with E-state index < -0.39 is 0 Å². The predicted molar refractivity (Wildman–Crippen MR) is 67.8 cm³/mol. The van der Waals surface area contributed by atoms with Crippen molar-refractivity contribution in [3.05, 3.63) is 59.4 Å². The van der Waals surface area contributed by atoms with E-state index in [0.29, 0.717) is 23.5 Å². The van der Waals surface area contributed by atoms with Gasteiger partial charge in [0.05, 0.1) is 6.54 Å². The quantitative estimate of drug-likeness (QED) is 0.781. The second-order valence-corrected chi connectivity index (χ2v) is 4.28. The minimum Gasteiger partial charge on any atom is -0.399 e. The molecule has 3 rings (SSSR count). The number of nitrogens with zero attached hydrogens (tertiary/aromatic N) is 1. The number of fused-ring (bicyclic) bond motifs is 1. The Morgan fingerprint density at radius 1 is 1.11 bits per heavy atom. The van der Waals surface area contributed by atoms with Gasteiger partial charge in [-0.25, -0.2) is 4.39 Å². The number of halogens is 1. The molecule has 90 valence electrons. The molecular weight excluding hydrogens is 231 g/mol. The van der Waals surface area contributed by atoms with Gasteiger partial charge >= 0.3 is 0 Å². The van der Waals surface area contributed by atoms with Crippen LogP contribution in [0.15, 0.2) is 42.5 Å². The van der Waals surface area contributed by atoms with Crippen molar-refractivity contribution in [2.45, 2.75) is 6.54 Å². The third-order valence-corrected chi connectivity index (χ3v) is 3.08. The SMILES string of the molecule is Nc1ccc2c(c1)C(=O)N(c1ccc(F)cc1)C2. The Balaban J connectivity index is 1.99. The first-order valence-corrected chi connectivity index (χ1v) is 5.61. The highest BCUT2D eigenvalue weighted by Crippen LogP contribution is 2.29. The summed E-state index contributed by atoms with van der Waals surface area (Å²) in [5.74, 6) is -0.406. The van der Waals surface area contributed by atoms with Crippen LogP contribution in [-0.4, -0.2) is 5.91 Å². The van der Waals surface area contributed by atoms with Gasteiger partial charge in [0, 0.05) is 16.9 Å². The zero-order valence-corrected chi connectivity index (χ0v) is 9.56. The molecule has 0 fully saturated rings. The molecule has 1 heterocycles. The summed E-state index contributed by atoms with van der Waals surface area (Å²) in [6, 6.07) is 11.2. The van der Waals surface area contributed by atoms with E-state index in [0.717, 1.165) is 5.56 Å². The summed E-state index contributed by atoms with van der Waals surface area (Å²) >= 11 is 0. The van der Waals surface area contributed by atoms with Crippen LogP contribution in [0.2, 0.25) is 0 Å². The molecule has 0 bridgehead atoms. The van der Waals surface area contributed by atoms with Crippen molar-refractivity contribution in [3.8, 4) is 0 Å². The van der Waals surface area contributed by atoms with Gasteiger partial charge < -0.3 is 10.6 Å². The summed E-state index contributed by atoms with van der Waals surface area (Å²) in [6.45, 7) is 0.500. The van der Waals surface area contributed by atoms with Crippen molar-refractivity contribution in [2.24, 2.45) is 0 Å². The molecule has 1 amide bonds. The Morgan fingerprint density at radius 3 is 2.56 bits per heavy atom.